The lowest BCUT2D eigenvalue weighted by atomic mass is 9.92. The van der Waals surface area contributed by atoms with Gasteiger partial charge in [0.1, 0.15) is 11.8 Å². The van der Waals surface area contributed by atoms with E-state index >= 15 is 0 Å². The summed E-state index contributed by atoms with van der Waals surface area (Å²) in [6, 6.07) is 10.4. The van der Waals surface area contributed by atoms with Crippen LogP contribution in [0.3, 0.4) is 0 Å². The summed E-state index contributed by atoms with van der Waals surface area (Å²) in [7, 11) is 1.63. The number of carbonyl (C=O) groups excluding carboxylic acids is 1. The van der Waals surface area contributed by atoms with E-state index in [4.69, 9.17) is 9.47 Å². The number of ether oxygens (including phenoxy) is 2. The van der Waals surface area contributed by atoms with Gasteiger partial charge in [0.05, 0.1) is 12.1 Å². The van der Waals surface area contributed by atoms with Crippen molar-refractivity contribution in [3.63, 3.8) is 0 Å². The maximum absolute atomic E-state index is 13.6. The Morgan fingerprint density at radius 3 is 2.65 bits per heavy atom. The van der Waals surface area contributed by atoms with E-state index in [2.05, 4.69) is 5.10 Å². The van der Waals surface area contributed by atoms with Gasteiger partial charge in [0.15, 0.2) is 0 Å². The van der Waals surface area contributed by atoms with E-state index in [1.807, 2.05) is 37.3 Å². The lowest BCUT2D eigenvalue weighted by Gasteiger charge is -2.33. The summed E-state index contributed by atoms with van der Waals surface area (Å²) in [5, 5.41) is 3.81. The van der Waals surface area contributed by atoms with Gasteiger partial charge >= 0.3 is 5.97 Å². The van der Waals surface area contributed by atoms with E-state index in [1.165, 1.54) is 4.68 Å². The molecule has 0 saturated heterocycles. The van der Waals surface area contributed by atoms with Gasteiger partial charge in [-0.05, 0) is 12.5 Å². The van der Waals surface area contributed by atoms with E-state index in [9.17, 15) is 9.18 Å². The highest BCUT2D eigenvalue weighted by atomic mass is 19.1. The molecule has 0 aliphatic heterocycles. The Labute approximate surface area is 134 Å². The van der Waals surface area contributed by atoms with Crippen molar-refractivity contribution in [3.05, 3.63) is 53.6 Å². The van der Waals surface area contributed by atoms with Gasteiger partial charge in [-0.3, -0.25) is 0 Å². The minimum atomic E-state index is -0.692. The first kappa shape index (κ1) is 15.7. The van der Waals surface area contributed by atoms with E-state index in [1.54, 1.807) is 7.11 Å². The minimum absolute atomic E-state index is 0.125. The molecule has 3 rings (SSSR count). The molecule has 0 spiro atoms. The fraction of sp³-hybridized carbons (Fsp3) is 0.412. The molecule has 0 amide bonds. The molecule has 0 unspecified atom stereocenters. The van der Waals surface area contributed by atoms with Crippen molar-refractivity contribution in [2.75, 3.05) is 7.11 Å². The smallest absolute Gasteiger partial charge is 0.357 e. The second kappa shape index (κ2) is 6.50. The molecule has 1 atom stereocenters. The van der Waals surface area contributed by atoms with Gasteiger partial charge in [0.2, 0.25) is 5.95 Å². The predicted molar refractivity (Wildman–Crippen MR) is 81.7 cm³/mol. The Morgan fingerprint density at radius 1 is 1.30 bits per heavy atom. The molecule has 0 radical (unpaired) electrons. The molecule has 2 aromatic rings. The molecule has 1 aromatic heterocycles. The van der Waals surface area contributed by atoms with Crippen molar-refractivity contribution in [3.8, 4) is 0 Å². The molecule has 1 aliphatic rings. The third-order valence-corrected chi connectivity index (χ3v) is 4.22. The monoisotopic (exact) mass is 318 g/mol. The molecule has 0 bridgehead atoms. The molecular weight excluding hydrogens is 299 g/mol. The van der Waals surface area contributed by atoms with Crippen LogP contribution in [-0.4, -0.2) is 35.1 Å². The van der Waals surface area contributed by atoms with E-state index < -0.39 is 11.9 Å². The molecule has 5 nitrogen and oxygen atoms in total. The van der Waals surface area contributed by atoms with Crippen LogP contribution in [0.5, 0.6) is 0 Å². The summed E-state index contributed by atoms with van der Waals surface area (Å²) in [6.45, 7) is 1.86. The summed E-state index contributed by atoms with van der Waals surface area (Å²) in [5.74, 6) is -1.24. The predicted octanol–water partition coefficient (Wildman–Crippen LogP) is 2.97. The van der Waals surface area contributed by atoms with Crippen molar-refractivity contribution in [2.24, 2.45) is 0 Å². The first-order valence-corrected chi connectivity index (χ1v) is 7.62. The SMILES string of the molecule is CO[C@H]1C[C@@H](OC(=O)c2cc(F)nn2[C@H](C)c2ccccc2)C1. The average molecular weight is 318 g/mol. The summed E-state index contributed by atoms with van der Waals surface area (Å²) >= 11 is 0. The molecule has 122 valence electrons. The molecule has 6 heteroatoms. The molecule has 1 heterocycles. The number of carbonyl (C=O) groups is 1. The number of nitrogens with zero attached hydrogens (tertiary/aromatic N) is 2. The Balaban J connectivity index is 1.76. The zero-order valence-corrected chi connectivity index (χ0v) is 13.1. The van der Waals surface area contributed by atoms with Crippen molar-refractivity contribution < 1.29 is 18.7 Å². The van der Waals surface area contributed by atoms with Crippen molar-refractivity contribution in [1.29, 1.82) is 0 Å². The summed E-state index contributed by atoms with van der Waals surface area (Å²) in [6.07, 6.45) is 1.31. The average Bonchev–Trinajstić information content (AvgIpc) is 2.92. The van der Waals surface area contributed by atoms with Crippen LogP contribution < -0.4 is 0 Å². The van der Waals surface area contributed by atoms with Crippen LogP contribution in [0.2, 0.25) is 0 Å². The van der Waals surface area contributed by atoms with E-state index in [-0.39, 0.29) is 23.9 Å². The standard InChI is InChI=1S/C17H19FN2O3/c1-11(12-6-4-3-5-7-12)20-15(10-16(18)19-20)17(21)23-14-8-13(9-14)22-2/h3-7,10-11,13-14H,8-9H2,1-2H3/t11-,13-,14+/m1/s1. The number of halogens is 1. The van der Waals surface area contributed by atoms with Crippen LogP contribution in [0.15, 0.2) is 36.4 Å². The number of methoxy groups -OCH3 is 1. The molecule has 1 aliphatic carbocycles. The number of hydrogen-bond donors (Lipinski definition) is 0. The van der Waals surface area contributed by atoms with Gasteiger partial charge in [-0.15, -0.1) is 5.10 Å². The number of benzene rings is 1. The zero-order valence-electron chi connectivity index (χ0n) is 13.1. The molecular formula is C17H19FN2O3. The Kier molecular flexibility index (Phi) is 4.43. The Bertz CT molecular complexity index is 680. The van der Waals surface area contributed by atoms with Gasteiger partial charge in [-0.25, -0.2) is 9.48 Å². The minimum Gasteiger partial charge on any atom is -0.457 e. The van der Waals surface area contributed by atoms with Gasteiger partial charge in [0, 0.05) is 26.0 Å². The Hall–Kier alpha value is -2.21. The third kappa shape index (κ3) is 3.27. The maximum atomic E-state index is 13.6. The molecule has 1 saturated carbocycles. The molecule has 0 N–H and O–H groups in total. The van der Waals surface area contributed by atoms with Crippen LogP contribution in [0.1, 0.15) is 41.9 Å². The highest BCUT2D eigenvalue weighted by Gasteiger charge is 2.33. The quantitative estimate of drug-likeness (QED) is 0.795. The lowest BCUT2D eigenvalue weighted by Crippen LogP contribution is -2.38. The third-order valence-electron chi connectivity index (χ3n) is 4.22. The van der Waals surface area contributed by atoms with Crippen LogP contribution in [0.4, 0.5) is 4.39 Å². The van der Waals surface area contributed by atoms with E-state index in [0.29, 0.717) is 12.8 Å². The van der Waals surface area contributed by atoms with Gasteiger partial charge in [-0.1, -0.05) is 30.3 Å². The van der Waals surface area contributed by atoms with Gasteiger partial charge in [-0.2, -0.15) is 4.39 Å². The molecule has 23 heavy (non-hydrogen) atoms. The van der Waals surface area contributed by atoms with Crippen LogP contribution in [0.25, 0.3) is 0 Å². The first-order chi connectivity index (χ1) is 11.1. The highest BCUT2D eigenvalue weighted by molar-refractivity contribution is 5.87. The summed E-state index contributed by atoms with van der Waals surface area (Å²) < 4.78 is 25.5. The van der Waals surface area contributed by atoms with Crippen LogP contribution >= 0.6 is 0 Å². The fourth-order valence-corrected chi connectivity index (χ4v) is 2.70. The Morgan fingerprint density at radius 2 is 2.00 bits per heavy atom. The zero-order chi connectivity index (χ0) is 16.4. The number of hydrogen-bond acceptors (Lipinski definition) is 4. The normalized spacial score (nSPS) is 21.5. The van der Waals surface area contributed by atoms with Gasteiger partial charge in [0.25, 0.3) is 0 Å². The molecule has 1 aromatic carbocycles. The second-order valence-corrected chi connectivity index (χ2v) is 5.74. The molecule has 1 fully saturated rings. The highest BCUT2D eigenvalue weighted by Crippen LogP contribution is 2.27. The van der Waals surface area contributed by atoms with E-state index in [0.717, 1.165) is 11.6 Å². The number of esters is 1. The van der Waals surface area contributed by atoms with Crippen LogP contribution in [-0.2, 0) is 9.47 Å². The van der Waals surface area contributed by atoms with Crippen LogP contribution in [0, 0.1) is 5.95 Å². The first-order valence-electron chi connectivity index (χ1n) is 7.62. The fourth-order valence-electron chi connectivity index (χ4n) is 2.70. The number of aromatic nitrogens is 2. The van der Waals surface area contributed by atoms with Crippen molar-refractivity contribution in [1.82, 2.24) is 9.78 Å². The topological polar surface area (TPSA) is 53.4 Å². The largest absolute Gasteiger partial charge is 0.457 e. The lowest BCUT2D eigenvalue weighted by molar-refractivity contribution is -0.0646. The van der Waals surface area contributed by atoms with Crippen molar-refractivity contribution >= 4 is 5.97 Å². The number of rotatable bonds is 5. The maximum Gasteiger partial charge on any atom is 0.357 e. The van der Waals surface area contributed by atoms with Gasteiger partial charge < -0.3 is 9.47 Å². The summed E-state index contributed by atoms with van der Waals surface area (Å²) in [4.78, 5) is 12.3. The second-order valence-electron chi connectivity index (χ2n) is 5.74. The summed E-state index contributed by atoms with van der Waals surface area (Å²) in [5.41, 5.74) is 1.06. The van der Waals surface area contributed by atoms with Crippen molar-refractivity contribution in [2.45, 2.75) is 38.0 Å².